The third-order valence-electron chi connectivity index (χ3n) is 2.20. The molecule has 17 heavy (non-hydrogen) atoms. The van der Waals surface area contributed by atoms with E-state index in [-0.39, 0.29) is 5.75 Å². The van der Waals surface area contributed by atoms with Crippen LogP contribution >= 0.6 is 15.9 Å². The van der Waals surface area contributed by atoms with Crippen LogP contribution in [0.1, 0.15) is 11.1 Å². The second-order valence-corrected chi connectivity index (χ2v) is 4.60. The molecule has 0 radical (unpaired) electrons. The van der Waals surface area contributed by atoms with Crippen molar-refractivity contribution in [1.82, 2.24) is 4.98 Å². The first-order valence-corrected chi connectivity index (χ1v) is 5.89. The van der Waals surface area contributed by atoms with Gasteiger partial charge < -0.3 is 5.11 Å². The average Bonchev–Trinajstić information content (AvgIpc) is 2.30. The number of phenols is 1. The topological polar surface area (TPSA) is 45.5 Å². The number of nitrogens with zero attached hydrogens (tertiary/aromatic N) is 2. The minimum atomic E-state index is 0.206. The number of pyridine rings is 1. The monoisotopic (exact) mass is 290 g/mol. The summed E-state index contributed by atoms with van der Waals surface area (Å²) in [6, 6.07) is 7.14. The molecule has 0 aliphatic carbocycles. The van der Waals surface area contributed by atoms with E-state index in [1.165, 1.54) is 0 Å². The Morgan fingerprint density at radius 2 is 2.12 bits per heavy atom. The minimum absolute atomic E-state index is 0.206. The standard InChI is InChI=1S/C13H11BrN2O/c1-9-4-12(8-15-6-9)16-7-10-5-11(14)2-3-13(10)17/h2-8,17H,1H3. The molecule has 0 amide bonds. The van der Waals surface area contributed by atoms with E-state index >= 15 is 0 Å². The van der Waals surface area contributed by atoms with Gasteiger partial charge in [-0.25, -0.2) is 0 Å². The Hall–Kier alpha value is -1.68. The molecule has 1 aromatic heterocycles. The van der Waals surface area contributed by atoms with Gasteiger partial charge in [0.25, 0.3) is 0 Å². The molecule has 1 N–H and O–H groups in total. The van der Waals surface area contributed by atoms with Gasteiger partial charge in [0.2, 0.25) is 0 Å². The third-order valence-corrected chi connectivity index (χ3v) is 2.70. The number of aliphatic imine (C=N–C) groups is 1. The maximum atomic E-state index is 9.64. The van der Waals surface area contributed by atoms with Crippen molar-refractivity contribution in [3.63, 3.8) is 0 Å². The molecule has 1 heterocycles. The fourth-order valence-corrected chi connectivity index (χ4v) is 1.76. The van der Waals surface area contributed by atoms with Crippen LogP contribution in [0.3, 0.4) is 0 Å². The van der Waals surface area contributed by atoms with E-state index in [0.29, 0.717) is 5.56 Å². The third kappa shape index (κ3) is 3.14. The second kappa shape index (κ2) is 5.10. The van der Waals surface area contributed by atoms with Crippen molar-refractivity contribution < 1.29 is 5.11 Å². The molecule has 0 atom stereocenters. The summed E-state index contributed by atoms with van der Waals surface area (Å²) in [4.78, 5) is 8.32. The Morgan fingerprint density at radius 1 is 1.29 bits per heavy atom. The lowest BCUT2D eigenvalue weighted by molar-refractivity contribution is 0.474. The highest BCUT2D eigenvalue weighted by molar-refractivity contribution is 9.10. The summed E-state index contributed by atoms with van der Waals surface area (Å²) in [5.41, 5.74) is 2.49. The Morgan fingerprint density at radius 3 is 2.88 bits per heavy atom. The smallest absolute Gasteiger partial charge is 0.124 e. The summed E-state index contributed by atoms with van der Waals surface area (Å²) in [6.45, 7) is 1.96. The summed E-state index contributed by atoms with van der Waals surface area (Å²) < 4.78 is 0.902. The number of aromatic hydroxyl groups is 1. The molecule has 0 fully saturated rings. The molecule has 1 aromatic carbocycles. The van der Waals surface area contributed by atoms with Gasteiger partial charge in [-0.15, -0.1) is 0 Å². The van der Waals surface area contributed by atoms with E-state index in [1.54, 1.807) is 30.7 Å². The number of aromatic nitrogens is 1. The highest BCUT2D eigenvalue weighted by Crippen LogP contribution is 2.21. The highest BCUT2D eigenvalue weighted by Gasteiger charge is 1.98. The number of rotatable bonds is 2. The van der Waals surface area contributed by atoms with Crippen LogP contribution in [0.4, 0.5) is 5.69 Å². The molecule has 86 valence electrons. The van der Waals surface area contributed by atoms with Crippen LogP contribution in [-0.2, 0) is 0 Å². The minimum Gasteiger partial charge on any atom is -0.507 e. The molecule has 0 spiro atoms. The van der Waals surface area contributed by atoms with Gasteiger partial charge in [-0.1, -0.05) is 15.9 Å². The predicted octanol–water partition coefficient (Wildman–Crippen LogP) is 3.61. The van der Waals surface area contributed by atoms with Gasteiger partial charge in [-0.2, -0.15) is 0 Å². The van der Waals surface area contributed by atoms with Crippen LogP contribution in [0.15, 0.2) is 46.1 Å². The average molecular weight is 291 g/mol. The molecule has 0 saturated carbocycles. The summed E-state index contributed by atoms with van der Waals surface area (Å²) in [5, 5.41) is 9.64. The van der Waals surface area contributed by atoms with Gasteiger partial charge in [0, 0.05) is 22.4 Å². The maximum absolute atomic E-state index is 9.64. The van der Waals surface area contributed by atoms with Crippen LogP contribution in [0.25, 0.3) is 0 Å². The van der Waals surface area contributed by atoms with Crippen molar-refractivity contribution >= 4 is 27.8 Å². The van der Waals surface area contributed by atoms with Gasteiger partial charge in [-0.05, 0) is 36.8 Å². The van der Waals surface area contributed by atoms with Crippen LogP contribution in [0.2, 0.25) is 0 Å². The molecule has 0 aliphatic rings. The summed E-state index contributed by atoms with van der Waals surface area (Å²) in [5.74, 6) is 0.206. The maximum Gasteiger partial charge on any atom is 0.124 e. The van der Waals surface area contributed by atoms with Gasteiger partial charge in [0.15, 0.2) is 0 Å². The van der Waals surface area contributed by atoms with Gasteiger partial charge in [0.05, 0.1) is 11.9 Å². The van der Waals surface area contributed by atoms with E-state index in [2.05, 4.69) is 25.9 Å². The van der Waals surface area contributed by atoms with Crippen molar-refractivity contribution in [2.24, 2.45) is 4.99 Å². The molecule has 0 aliphatic heterocycles. The van der Waals surface area contributed by atoms with Crippen molar-refractivity contribution in [2.45, 2.75) is 6.92 Å². The molecule has 4 heteroatoms. The highest BCUT2D eigenvalue weighted by atomic mass is 79.9. The lowest BCUT2D eigenvalue weighted by Gasteiger charge is -1.99. The van der Waals surface area contributed by atoms with E-state index < -0.39 is 0 Å². The Kier molecular flexibility index (Phi) is 3.54. The summed E-state index contributed by atoms with van der Waals surface area (Å²) in [7, 11) is 0. The van der Waals surface area contributed by atoms with E-state index in [4.69, 9.17) is 0 Å². The molecule has 2 aromatic rings. The fourth-order valence-electron chi connectivity index (χ4n) is 1.38. The van der Waals surface area contributed by atoms with Crippen LogP contribution < -0.4 is 0 Å². The van der Waals surface area contributed by atoms with Gasteiger partial charge >= 0.3 is 0 Å². The number of aryl methyl sites for hydroxylation is 1. The molecule has 0 unspecified atom stereocenters. The van der Waals surface area contributed by atoms with Crippen molar-refractivity contribution in [3.05, 3.63) is 52.3 Å². The van der Waals surface area contributed by atoms with Crippen LogP contribution in [0.5, 0.6) is 5.75 Å². The number of hydrogen-bond acceptors (Lipinski definition) is 3. The zero-order chi connectivity index (χ0) is 12.3. The van der Waals surface area contributed by atoms with E-state index in [0.717, 1.165) is 15.7 Å². The largest absolute Gasteiger partial charge is 0.507 e. The quantitative estimate of drug-likeness (QED) is 0.859. The first-order valence-electron chi connectivity index (χ1n) is 5.09. The number of halogens is 1. The lowest BCUT2D eigenvalue weighted by Crippen LogP contribution is -1.83. The number of hydrogen-bond donors (Lipinski definition) is 1. The fraction of sp³-hybridized carbons (Fsp3) is 0.0769. The van der Waals surface area contributed by atoms with Crippen LogP contribution in [0, 0.1) is 6.92 Å². The van der Waals surface area contributed by atoms with Crippen molar-refractivity contribution in [1.29, 1.82) is 0 Å². The zero-order valence-electron chi connectivity index (χ0n) is 9.26. The predicted molar refractivity (Wildman–Crippen MR) is 72.0 cm³/mol. The van der Waals surface area contributed by atoms with E-state index in [9.17, 15) is 5.11 Å². The van der Waals surface area contributed by atoms with Crippen molar-refractivity contribution in [3.8, 4) is 5.75 Å². The summed E-state index contributed by atoms with van der Waals surface area (Å²) >= 11 is 3.35. The Bertz CT molecular complexity index is 567. The molecular weight excluding hydrogens is 280 g/mol. The van der Waals surface area contributed by atoms with E-state index in [1.807, 2.05) is 19.1 Å². The second-order valence-electron chi connectivity index (χ2n) is 3.68. The Labute approximate surface area is 108 Å². The molecule has 0 bridgehead atoms. The Balaban J connectivity index is 2.29. The molecule has 3 nitrogen and oxygen atoms in total. The number of benzene rings is 1. The molecular formula is C13H11BrN2O. The molecule has 2 rings (SSSR count). The first kappa shape index (κ1) is 11.8. The van der Waals surface area contributed by atoms with Gasteiger partial charge in [-0.3, -0.25) is 9.98 Å². The van der Waals surface area contributed by atoms with Gasteiger partial charge in [0.1, 0.15) is 5.75 Å². The number of phenolic OH excluding ortho intramolecular Hbond substituents is 1. The zero-order valence-corrected chi connectivity index (χ0v) is 10.8. The lowest BCUT2D eigenvalue weighted by atomic mass is 10.2. The normalized spacial score (nSPS) is 10.9. The first-order chi connectivity index (χ1) is 8.15. The van der Waals surface area contributed by atoms with Crippen LogP contribution in [-0.4, -0.2) is 16.3 Å². The SMILES string of the molecule is Cc1cncc(N=Cc2cc(Br)ccc2O)c1. The molecule has 0 saturated heterocycles. The van der Waals surface area contributed by atoms with Crippen molar-refractivity contribution in [2.75, 3.05) is 0 Å². The summed E-state index contributed by atoms with van der Waals surface area (Å²) in [6.07, 6.45) is 5.07.